The average molecular weight is 240 g/mol. The molecule has 0 aliphatic carbocycles. The van der Waals surface area contributed by atoms with E-state index in [9.17, 15) is 4.79 Å². The highest BCUT2D eigenvalue weighted by molar-refractivity contribution is 6.31. The number of aromatic nitrogens is 1. The van der Waals surface area contributed by atoms with Gasteiger partial charge < -0.3 is 14.4 Å². The van der Waals surface area contributed by atoms with E-state index in [1.54, 1.807) is 19.2 Å². The van der Waals surface area contributed by atoms with Gasteiger partial charge in [0.25, 0.3) is 0 Å². The number of carboxylic acids is 1. The molecule has 1 aromatic heterocycles. The molecule has 0 saturated heterocycles. The van der Waals surface area contributed by atoms with Gasteiger partial charge in [-0.2, -0.15) is 0 Å². The molecule has 0 atom stereocenters. The van der Waals surface area contributed by atoms with Gasteiger partial charge >= 0.3 is 5.97 Å². The van der Waals surface area contributed by atoms with Gasteiger partial charge in [-0.15, -0.1) is 0 Å². The van der Waals surface area contributed by atoms with E-state index >= 15 is 0 Å². The zero-order chi connectivity index (χ0) is 11.7. The third kappa shape index (κ3) is 1.72. The summed E-state index contributed by atoms with van der Waals surface area (Å²) in [6, 6.07) is 7.20. The molecule has 0 aliphatic heterocycles. The van der Waals surface area contributed by atoms with E-state index in [1.165, 1.54) is 4.57 Å². The standard InChI is InChI=1S/C11H10ClNO3/c1-16-8-4-2-3-7-5-9(12)13(11(7)8)6-10(14)15/h2-5H,6H2,1H3,(H,14,15). The number of aliphatic carboxylic acids is 1. The quantitative estimate of drug-likeness (QED) is 0.895. The first-order chi connectivity index (χ1) is 7.63. The number of hydrogen-bond donors (Lipinski definition) is 1. The zero-order valence-corrected chi connectivity index (χ0v) is 9.36. The minimum Gasteiger partial charge on any atom is -0.495 e. The Morgan fingerprint density at radius 1 is 1.56 bits per heavy atom. The molecule has 1 heterocycles. The highest BCUT2D eigenvalue weighted by Gasteiger charge is 2.13. The monoisotopic (exact) mass is 239 g/mol. The molecule has 2 aromatic rings. The summed E-state index contributed by atoms with van der Waals surface area (Å²) in [5.41, 5.74) is 0.706. The molecular formula is C11H10ClNO3. The lowest BCUT2D eigenvalue weighted by molar-refractivity contribution is -0.137. The van der Waals surface area contributed by atoms with Crippen molar-refractivity contribution in [1.82, 2.24) is 4.57 Å². The van der Waals surface area contributed by atoms with Gasteiger partial charge in [-0.1, -0.05) is 23.7 Å². The fourth-order valence-corrected chi connectivity index (χ4v) is 1.97. The molecule has 4 nitrogen and oxygen atoms in total. The summed E-state index contributed by atoms with van der Waals surface area (Å²) >= 11 is 5.98. The molecule has 1 aromatic carbocycles. The van der Waals surface area contributed by atoms with Gasteiger partial charge in [0, 0.05) is 5.39 Å². The molecule has 0 amide bonds. The van der Waals surface area contributed by atoms with Crippen LogP contribution in [0.1, 0.15) is 0 Å². The first-order valence-corrected chi connectivity index (χ1v) is 5.05. The van der Waals surface area contributed by atoms with Crippen LogP contribution in [0, 0.1) is 0 Å². The van der Waals surface area contributed by atoms with Crippen LogP contribution in [-0.2, 0) is 11.3 Å². The summed E-state index contributed by atoms with van der Waals surface area (Å²) < 4.78 is 6.70. The Morgan fingerprint density at radius 2 is 2.31 bits per heavy atom. The first-order valence-electron chi connectivity index (χ1n) is 4.67. The van der Waals surface area contributed by atoms with E-state index in [4.69, 9.17) is 21.4 Å². The van der Waals surface area contributed by atoms with Crippen LogP contribution in [0.25, 0.3) is 10.9 Å². The van der Waals surface area contributed by atoms with Gasteiger partial charge in [0.1, 0.15) is 17.4 Å². The predicted octanol–water partition coefficient (Wildman–Crippen LogP) is 2.39. The van der Waals surface area contributed by atoms with Gasteiger partial charge in [-0.05, 0) is 12.1 Å². The smallest absolute Gasteiger partial charge is 0.323 e. The highest BCUT2D eigenvalue weighted by Crippen LogP contribution is 2.30. The molecular weight excluding hydrogens is 230 g/mol. The number of carboxylic acid groups (broad SMARTS) is 1. The van der Waals surface area contributed by atoms with Gasteiger partial charge in [0.2, 0.25) is 0 Å². The molecule has 2 rings (SSSR count). The van der Waals surface area contributed by atoms with Crippen molar-refractivity contribution in [2.24, 2.45) is 0 Å². The van der Waals surface area contributed by atoms with Crippen LogP contribution in [0.4, 0.5) is 0 Å². The summed E-state index contributed by atoms with van der Waals surface area (Å²) in [5, 5.41) is 10.1. The number of hydrogen-bond acceptors (Lipinski definition) is 2. The van der Waals surface area contributed by atoms with E-state index in [0.29, 0.717) is 16.4 Å². The molecule has 5 heteroatoms. The van der Waals surface area contributed by atoms with E-state index in [-0.39, 0.29) is 6.54 Å². The Kier molecular flexibility index (Phi) is 2.75. The molecule has 1 N–H and O–H groups in total. The van der Waals surface area contributed by atoms with Crippen molar-refractivity contribution in [3.8, 4) is 5.75 Å². The summed E-state index contributed by atoms with van der Waals surface area (Å²) in [7, 11) is 1.54. The van der Waals surface area contributed by atoms with E-state index in [1.807, 2.05) is 12.1 Å². The number of fused-ring (bicyclic) bond motifs is 1. The maximum absolute atomic E-state index is 10.7. The Labute approximate surface area is 97.0 Å². The van der Waals surface area contributed by atoms with Crippen LogP contribution < -0.4 is 4.74 Å². The maximum Gasteiger partial charge on any atom is 0.323 e. The van der Waals surface area contributed by atoms with Gasteiger partial charge in [-0.25, -0.2) is 0 Å². The van der Waals surface area contributed by atoms with E-state index < -0.39 is 5.97 Å². The minimum atomic E-state index is -0.940. The molecule has 16 heavy (non-hydrogen) atoms. The molecule has 0 spiro atoms. The average Bonchev–Trinajstić information content (AvgIpc) is 2.54. The molecule has 0 radical (unpaired) electrons. The third-order valence-corrected chi connectivity index (χ3v) is 2.66. The van der Waals surface area contributed by atoms with Crippen LogP contribution in [-0.4, -0.2) is 22.8 Å². The van der Waals surface area contributed by atoms with Crippen molar-refractivity contribution in [3.05, 3.63) is 29.4 Å². The number of rotatable bonds is 3. The summed E-state index contributed by atoms with van der Waals surface area (Å²) in [6.07, 6.45) is 0. The van der Waals surface area contributed by atoms with Crippen molar-refractivity contribution < 1.29 is 14.6 Å². The lowest BCUT2D eigenvalue weighted by Gasteiger charge is -2.07. The second kappa shape index (κ2) is 4.06. The largest absolute Gasteiger partial charge is 0.495 e. The Morgan fingerprint density at radius 3 is 2.94 bits per heavy atom. The second-order valence-electron chi connectivity index (χ2n) is 3.35. The fraction of sp³-hybridized carbons (Fsp3) is 0.182. The molecule has 0 bridgehead atoms. The van der Waals surface area contributed by atoms with E-state index in [0.717, 1.165) is 5.39 Å². The van der Waals surface area contributed by atoms with Crippen LogP contribution in [0.15, 0.2) is 24.3 Å². The van der Waals surface area contributed by atoms with Gasteiger partial charge in [-0.3, -0.25) is 4.79 Å². The van der Waals surface area contributed by atoms with Gasteiger partial charge in [0.05, 0.1) is 12.6 Å². The Bertz CT molecular complexity index is 547. The lowest BCUT2D eigenvalue weighted by atomic mass is 10.2. The van der Waals surface area contributed by atoms with Crippen molar-refractivity contribution in [3.63, 3.8) is 0 Å². The van der Waals surface area contributed by atoms with Crippen LogP contribution in [0.2, 0.25) is 5.15 Å². The number of para-hydroxylation sites is 1. The first kappa shape index (κ1) is 10.8. The predicted molar refractivity (Wildman–Crippen MR) is 61.1 cm³/mol. The van der Waals surface area contributed by atoms with Crippen molar-refractivity contribution in [1.29, 1.82) is 0 Å². The lowest BCUT2D eigenvalue weighted by Crippen LogP contribution is -2.08. The second-order valence-corrected chi connectivity index (χ2v) is 3.73. The number of methoxy groups -OCH3 is 1. The normalized spacial score (nSPS) is 10.6. The number of benzene rings is 1. The van der Waals surface area contributed by atoms with Crippen molar-refractivity contribution >= 4 is 28.5 Å². The molecule has 0 saturated carbocycles. The number of ether oxygens (including phenoxy) is 1. The van der Waals surface area contributed by atoms with E-state index in [2.05, 4.69) is 0 Å². The maximum atomic E-state index is 10.7. The fourth-order valence-electron chi connectivity index (χ4n) is 1.71. The summed E-state index contributed by atoms with van der Waals surface area (Å²) in [6.45, 7) is -0.178. The van der Waals surface area contributed by atoms with Crippen LogP contribution in [0.5, 0.6) is 5.75 Å². The summed E-state index contributed by atoms with van der Waals surface area (Å²) in [4.78, 5) is 10.7. The Hall–Kier alpha value is -1.68. The zero-order valence-electron chi connectivity index (χ0n) is 8.61. The van der Waals surface area contributed by atoms with Crippen LogP contribution >= 0.6 is 11.6 Å². The Balaban J connectivity index is 2.70. The topological polar surface area (TPSA) is 51.5 Å². The SMILES string of the molecule is COc1cccc2cc(Cl)n(CC(=O)O)c12. The molecule has 0 aliphatic rings. The van der Waals surface area contributed by atoms with Crippen LogP contribution in [0.3, 0.4) is 0 Å². The number of halogens is 1. The molecule has 84 valence electrons. The summed E-state index contributed by atoms with van der Waals surface area (Å²) in [5.74, 6) is -0.323. The number of carbonyl (C=O) groups is 1. The highest BCUT2D eigenvalue weighted by atomic mass is 35.5. The molecule has 0 unspecified atom stereocenters. The number of nitrogens with zero attached hydrogens (tertiary/aromatic N) is 1. The molecule has 0 fully saturated rings. The van der Waals surface area contributed by atoms with Crippen molar-refractivity contribution in [2.45, 2.75) is 6.54 Å². The third-order valence-electron chi connectivity index (χ3n) is 2.35. The minimum absolute atomic E-state index is 0.178. The van der Waals surface area contributed by atoms with Crippen molar-refractivity contribution in [2.75, 3.05) is 7.11 Å². The van der Waals surface area contributed by atoms with Gasteiger partial charge in [0.15, 0.2) is 0 Å².